The van der Waals surface area contributed by atoms with E-state index in [1.807, 2.05) is 80.6 Å². The Morgan fingerprint density at radius 2 is 1.72 bits per heavy atom. The van der Waals surface area contributed by atoms with Crippen molar-refractivity contribution in [3.05, 3.63) is 111 Å². The third kappa shape index (κ3) is 5.22. The van der Waals surface area contributed by atoms with E-state index in [2.05, 4.69) is 5.10 Å². The molecule has 0 spiro atoms. The van der Waals surface area contributed by atoms with Gasteiger partial charge in [0, 0.05) is 10.9 Å². The number of benzene rings is 2. The monoisotopic (exact) mass is 446 g/mol. The van der Waals surface area contributed by atoms with Crippen molar-refractivity contribution in [1.82, 2.24) is 9.78 Å². The highest BCUT2D eigenvalue weighted by molar-refractivity contribution is 7.15. The third-order valence-electron chi connectivity index (χ3n) is 5.27. The summed E-state index contributed by atoms with van der Waals surface area (Å²) in [5, 5.41) is 15.1. The number of aryl methyl sites for hydroxylation is 2. The van der Waals surface area contributed by atoms with Crippen LogP contribution in [0.1, 0.15) is 27.7 Å². The van der Waals surface area contributed by atoms with E-state index in [0.717, 1.165) is 27.3 Å². The van der Waals surface area contributed by atoms with Crippen LogP contribution in [0, 0.1) is 13.8 Å². The molecule has 164 valence electrons. The zero-order valence-corrected chi connectivity index (χ0v) is 19.0. The van der Waals surface area contributed by atoms with Crippen molar-refractivity contribution >= 4 is 11.3 Å². The van der Waals surface area contributed by atoms with Gasteiger partial charge in [-0.1, -0.05) is 54.6 Å². The average molecular weight is 447 g/mol. The number of rotatable bonds is 8. The summed E-state index contributed by atoms with van der Waals surface area (Å²) in [6, 6.07) is 25.2. The molecule has 0 amide bonds. The van der Waals surface area contributed by atoms with Crippen LogP contribution in [0.3, 0.4) is 0 Å². The number of aliphatic hydroxyl groups excluding tert-OH is 1. The molecule has 2 atom stereocenters. The fourth-order valence-electron chi connectivity index (χ4n) is 3.62. The minimum atomic E-state index is -0.879. The Kier molecular flexibility index (Phi) is 6.95. The molecule has 2 aromatic heterocycles. The second-order valence-corrected chi connectivity index (χ2v) is 9.07. The molecule has 1 N–H and O–H groups in total. The predicted octanol–water partition coefficient (Wildman–Crippen LogP) is 4.76. The highest BCUT2D eigenvalue weighted by atomic mass is 32.1. The van der Waals surface area contributed by atoms with Crippen molar-refractivity contribution in [2.75, 3.05) is 6.61 Å². The maximum atomic E-state index is 12.3. The first-order valence-electron chi connectivity index (χ1n) is 10.6. The summed E-state index contributed by atoms with van der Waals surface area (Å²) >= 11 is 1.62. The van der Waals surface area contributed by atoms with Crippen LogP contribution in [0.15, 0.2) is 83.7 Å². The molecular weight excluding hydrogens is 420 g/mol. The van der Waals surface area contributed by atoms with Crippen molar-refractivity contribution in [3.8, 4) is 10.6 Å². The van der Waals surface area contributed by atoms with Crippen LogP contribution in [-0.4, -0.2) is 27.6 Å². The average Bonchev–Trinajstić information content (AvgIpc) is 3.23. The third-order valence-corrected chi connectivity index (χ3v) is 6.29. The van der Waals surface area contributed by atoms with E-state index in [9.17, 15) is 9.90 Å². The molecule has 0 saturated carbocycles. The van der Waals surface area contributed by atoms with Gasteiger partial charge in [-0.25, -0.2) is 4.68 Å². The van der Waals surface area contributed by atoms with Gasteiger partial charge < -0.3 is 9.84 Å². The van der Waals surface area contributed by atoms with Gasteiger partial charge in [0.15, 0.2) is 0 Å². The molecular formula is C26H26N2O3S. The van der Waals surface area contributed by atoms with Crippen LogP contribution < -0.4 is 5.56 Å². The maximum Gasteiger partial charge on any atom is 0.266 e. The van der Waals surface area contributed by atoms with Crippen LogP contribution in [-0.2, 0) is 11.3 Å². The molecule has 0 aliphatic heterocycles. The first-order chi connectivity index (χ1) is 15.5. The summed E-state index contributed by atoms with van der Waals surface area (Å²) in [6.07, 6.45) is -1.19. The number of hydrogen-bond acceptors (Lipinski definition) is 5. The first kappa shape index (κ1) is 22.1. The molecule has 0 aliphatic carbocycles. The molecule has 2 heterocycles. The van der Waals surface area contributed by atoms with Crippen LogP contribution in [0.25, 0.3) is 10.6 Å². The number of aromatic nitrogens is 2. The molecule has 6 heteroatoms. The van der Waals surface area contributed by atoms with Crippen LogP contribution >= 0.6 is 11.3 Å². The lowest BCUT2D eigenvalue weighted by Crippen LogP contribution is -2.31. The largest absolute Gasteiger partial charge is 0.389 e. The molecule has 2 aromatic carbocycles. The summed E-state index contributed by atoms with van der Waals surface area (Å²) in [5.41, 5.74) is 3.65. The Morgan fingerprint density at radius 3 is 2.44 bits per heavy atom. The summed E-state index contributed by atoms with van der Waals surface area (Å²) in [6.45, 7) is 4.21. The lowest BCUT2D eigenvalue weighted by molar-refractivity contribution is -0.00261. The Hall–Kier alpha value is -3.06. The zero-order chi connectivity index (χ0) is 22.5. The van der Waals surface area contributed by atoms with E-state index < -0.39 is 6.10 Å². The van der Waals surface area contributed by atoms with Gasteiger partial charge in [-0.15, -0.1) is 11.3 Å². The topological polar surface area (TPSA) is 64.4 Å². The van der Waals surface area contributed by atoms with E-state index in [4.69, 9.17) is 4.74 Å². The Labute approximate surface area is 191 Å². The Bertz CT molecular complexity index is 1230. The molecule has 2 unspecified atom stereocenters. The Morgan fingerprint density at radius 1 is 0.969 bits per heavy atom. The van der Waals surface area contributed by atoms with Gasteiger partial charge in [0.25, 0.3) is 5.56 Å². The highest BCUT2D eigenvalue weighted by Gasteiger charge is 2.19. The summed E-state index contributed by atoms with van der Waals surface area (Å²) in [5.74, 6) is 0. The molecule has 5 nitrogen and oxygen atoms in total. The zero-order valence-electron chi connectivity index (χ0n) is 18.1. The summed E-state index contributed by atoms with van der Waals surface area (Å²) in [4.78, 5) is 14.5. The smallest absolute Gasteiger partial charge is 0.266 e. The lowest BCUT2D eigenvalue weighted by Gasteiger charge is -2.22. The van der Waals surface area contributed by atoms with E-state index >= 15 is 0 Å². The molecule has 0 saturated heterocycles. The van der Waals surface area contributed by atoms with E-state index in [1.165, 1.54) is 15.6 Å². The molecule has 32 heavy (non-hydrogen) atoms. The Balaban J connectivity index is 1.50. The number of thiophene rings is 1. The number of hydrogen-bond donors (Lipinski definition) is 1. The lowest BCUT2D eigenvalue weighted by atomic mass is 9.97. The van der Waals surface area contributed by atoms with Gasteiger partial charge in [-0.3, -0.25) is 4.79 Å². The van der Waals surface area contributed by atoms with Crippen molar-refractivity contribution < 1.29 is 9.84 Å². The van der Waals surface area contributed by atoms with Crippen molar-refractivity contribution in [1.29, 1.82) is 0 Å². The summed E-state index contributed by atoms with van der Waals surface area (Å²) < 4.78 is 7.51. The highest BCUT2D eigenvalue weighted by Crippen LogP contribution is 2.29. The molecule has 0 bridgehead atoms. The van der Waals surface area contributed by atoms with E-state index in [1.54, 1.807) is 17.4 Å². The number of nitrogens with zero attached hydrogens (tertiary/aromatic N) is 2. The normalized spacial score (nSPS) is 13.1. The minimum absolute atomic E-state index is 0.0618. The van der Waals surface area contributed by atoms with E-state index in [0.29, 0.717) is 0 Å². The standard InChI is InChI=1S/C26H26N2O3S/c1-18-8-6-7-11-22(18)26(20-9-4-3-5-10-20)31-17-21(29)16-28-25(30)15-13-23(27-28)24-14-12-19(2)32-24/h3-15,21,26,29H,16-17H2,1-2H3. The minimum Gasteiger partial charge on any atom is -0.389 e. The van der Waals surface area contributed by atoms with Gasteiger partial charge in [0.05, 0.1) is 24.1 Å². The van der Waals surface area contributed by atoms with Crippen LogP contribution in [0.4, 0.5) is 0 Å². The molecule has 4 rings (SSSR count). The van der Waals surface area contributed by atoms with Gasteiger partial charge in [-0.2, -0.15) is 5.10 Å². The second-order valence-electron chi connectivity index (χ2n) is 7.78. The molecule has 0 aliphatic rings. The van der Waals surface area contributed by atoms with Gasteiger partial charge in [0.2, 0.25) is 0 Å². The number of aliphatic hydroxyl groups is 1. The van der Waals surface area contributed by atoms with Gasteiger partial charge >= 0.3 is 0 Å². The van der Waals surface area contributed by atoms with Crippen LogP contribution in [0.2, 0.25) is 0 Å². The van der Waals surface area contributed by atoms with Gasteiger partial charge in [-0.05, 0) is 48.7 Å². The fourth-order valence-corrected chi connectivity index (χ4v) is 4.45. The summed E-state index contributed by atoms with van der Waals surface area (Å²) in [7, 11) is 0. The predicted molar refractivity (Wildman–Crippen MR) is 128 cm³/mol. The molecule has 0 radical (unpaired) electrons. The van der Waals surface area contributed by atoms with Crippen molar-refractivity contribution in [2.24, 2.45) is 0 Å². The maximum absolute atomic E-state index is 12.3. The van der Waals surface area contributed by atoms with Crippen molar-refractivity contribution in [2.45, 2.75) is 32.6 Å². The molecule has 0 fully saturated rings. The molecule has 4 aromatic rings. The number of ether oxygens (including phenoxy) is 1. The first-order valence-corrected chi connectivity index (χ1v) is 11.4. The van der Waals surface area contributed by atoms with Crippen LogP contribution in [0.5, 0.6) is 0 Å². The van der Waals surface area contributed by atoms with E-state index in [-0.39, 0.29) is 24.8 Å². The van der Waals surface area contributed by atoms with Crippen molar-refractivity contribution in [3.63, 3.8) is 0 Å². The second kappa shape index (κ2) is 10.0. The fraction of sp³-hybridized carbons (Fsp3) is 0.231. The van der Waals surface area contributed by atoms with Gasteiger partial charge in [0.1, 0.15) is 11.8 Å². The quantitative estimate of drug-likeness (QED) is 0.424. The SMILES string of the molecule is Cc1ccc(-c2ccc(=O)n(CC(O)COC(c3ccccc3)c3ccccc3C)n2)s1.